The van der Waals surface area contributed by atoms with E-state index in [9.17, 15) is 9.59 Å². The molecule has 16 heavy (non-hydrogen) atoms. The Balaban J connectivity index is 2.61. The van der Waals surface area contributed by atoms with Gasteiger partial charge in [0.25, 0.3) is 0 Å². The van der Waals surface area contributed by atoms with Crippen molar-refractivity contribution in [2.24, 2.45) is 5.92 Å². The fourth-order valence-corrected chi connectivity index (χ4v) is 1.71. The minimum Gasteiger partial charge on any atom is -0.467 e. The molecule has 0 aromatic rings. The number of methoxy groups -OCH3 is 2. The van der Waals surface area contributed by atoms with Crippen LogP contribution in [0.2, 0.25) is 0 Å². The van der Waals surface area contributed by atoms with Gasteiger partial charge in [0.05, 0.1) is 20.8 Å². The summed E-state index contributed by atoms with van der Waals surface area (Å²) in [5, 5.41) is 2.47. The number of nitrogens with one attached hydrogen (secondary N) is 1. The van der Waals surface area contributed by atoms with Gasteiger partial charge < -0.3 is 19.5 Å². The van der Waals surface area contributed by atoms with Gasteiger partial charge in [0.1, 0.15) is 6.04 Å². The Bertz CT molecular complexity index is 250. The van der Waals surface area contributed by atoms with E-state index < -0.39 is 18.1 Å². The molecule has 6 nitrogen and oxygen atoms in total. The first kappa shape index (κ1) is 12.8. The molecule has 0 aromatic heterocycles. The van der Waals surface area contributed by atoms with Crippen LogP contribution >= 0.6 is 0 Å². The van der Waals surface area contributed by atoms with Crippen LogP contribution < -0.4 is 5.32 Å². The number of ether oxygens (including phenoxy) is 3. The number of alkyl carbamates (subject to hydrolysis) is 1. The molecule has 1 N–H and O–H groups in total. The summed E-state index contributed by atoms with van der Waals surface area (Å²) in [6.45, 7) is 1.15. The fourth-order valence-electron chi connectivity index (χ4n) is 1.71. The van der Waals surface area contributed by atoms with Gasteiger partial charge in [-0.05, 0) is 12.8 Å². The third kappa shape index (κ3) is 3.37. The topological polar surface area (TPSA) is 73.9 Å². The van der Waals surface area contributed by atoms with Crippen LogP contribution in [-0.4, -0.2) is 45.5 Å². The number of rotatable bonds is 3. The first-order chi connectivity index (χ1) is 7.69. The summed E-state index contributed by atoms with van der Waals surface area (Å²) in [7, 11) is 2.54. The normalized spacial score (nSPS) is 22.0. The third-order valence-corrected chi connectivity index (χ3v) is 2.58. The number of hydrogen-bond acceptors (Lipinski definition) is 5. The highest BCUT2D eigenvalue weighted by Gasteiger charge is 2.32. The molecule has 6 heteroatoms. The zero-order valence-corrected chi connectivity index (χ0v) is 9.52. The molecule has 1 heterocycles. The zero-order chi connectivity index (χ0) is 12.0. The second-order valence-corrected chi connectivity index (χ2v) is 3.61. The molecule has 0 saturated carbocycles. The zero-order valence-electron chi connectivity index (χ0n) is 9.52. The molecule has 1 unspecified atom stereocenters. The van der Waals surface area contributed by atoms with Crippen molar-refractivity contribution in [2.75, 3.05) is 27.4 Å². The maximum atomic E-state index is 11.5. The minimum absolute atomic E-state index is 0.0553. The Morgan fingerprint density at radius 1 is 1.38 bits per heavy atom. The second-order valence-electron chi connectivity index (χ2n) is 3.61. The molecule has 1 rings (SSSR count). The number of esters is 1. The standard InChI is InChI=1S/C10H17NO5/c1-14-9(12)8(11-10(13)15-2)7-4-3-5-16-6-7/h7-8H,3-6H2,1-2H3,(H,11,13)/t7-,8?/m1/s1. The van der Waals surface area contributed by atoms with Gasteiger partial charge in [-0.15, -0.1) is 0 Å². The van der Waals surface area contributed by atoms with Gasteiger partial charge in [-0.3, -0.25) is 0 Å². The van der Waals surface area contributed by atoms with Gasteiger partial charge in [0.2, 0.25) is 0 Å². The molecule has 0 bridgehead atoms. The first-order valence-corrected chi connectivity index (χ1v) is 5.19. The van der Waals surface area contributed by atoms with Crippen molar-refractivity contribution in [3.63, 3.8) is 0 Å². The van der Waals surface area contributed by atoms with Crippen molar-refractivity contribution in [1.29, 1.82) is 0 Å². The number of carbonyl (C=O) groups excluding carboxylic acids is 2. The van der Waals surface area contributed by atoms with Gasteiger partial charge >= 0.3 is 12.1 Å². The number of hydrogen-bond donors (Lipinski definition) is 1. The SMILES string of the molecule is COC(=O)NC(C(=O)OC)[C@@H]1CCCOC1. The molecule has 0 aromatic carbocycles. The predicted molar refractivity (Wildman–Crippen MR) is 54.9 cm³/mol. The Morgan fingerprint density at radius 3 is 2.62 bits per heavy atom. The average molecular weight is 231 g/mol. The van der Waals surface area contributed by atoms with E-state index in [1.807, 2.05) is 0 Å². The van der Waals surface area contributed by atoms with Crippen LogP contribution in [0.25, 0.3) is 0 Å². The third-order valence-electron chi connectivity index (χ3n) is 2.58. The highest BCUT2D eigenvalue weighted by Crippen LogP contribution is 2.18. The Morgan fingerprint density at radius 2 is 2.12 bits per heavy atom. The van der Waals surface area contributed by atoms with E-state index >= 15 is 0 Å². The summed E-state index contributed by atoms with van der Waals surface area (Å²) in [5.41, 5.74) is 0. The molecule has 2 atom stereocenters. The summed E-state index contributed by atoms with van der Waals surface area (Å²) in [5.74, 6) is -0.527. The number of amides is 1. The molecular weight excluding hydrogens is 214 g/mol. The van der Waals surface area contributed by atoms with E-state index in [4.69, 9.17) is 4.74 Å². The van der Waals surface area contributed by atoms with Crippen molar-refractivity contribution < 1.29 is 23.8 Å². The van der Waals surface area contributed by atoms with Gasteiger partial charge in [-0.1, -0.05) is 0 Å². The van der Waals surface area contributed by atoms with Crippen molar-refractivity contribution in [3.05, 3.63) is 0 Å². The molecular formula is C10H17NO5. The largest absolute Gasteiger partial charge is 0.467 e. The van der Waals surface area contributed by atoms with E-state index in [2.05, 4.69) is 14.8 Å². The average Bonchev–Trinajstić information content (AvgIpc) is 2.35. The highest BCUT2D eigenvalue weighted by molar-refractivity contribution is 5.81. The molecule has 1 aliphatic heterocycles. The van der Waals surface area contributed by atoms with Crippen LogP contribution in [-0.2, 0) is 19.0 Å². The monoisotopic (exact) mass is 231 g/mol. The van der Waals surface area contributed by atoms with Crippen LogP contribution in [0.4, 0.5) is 4.79 Å². The summed E-state index contributed by atoms with van der Waals surface area (Å²) >= 11 is 0. The van der Waals surface area contributed by atoms with Gasteiger partial charge in [-0.25, -0.2) is 9.59 Å². The molecule has 92 valence electrons. The van der Waals surface area contributed by atoms with E-state index in [-0.39, 0.29) is 5.92 Å². The molecule has 0 aliphatic carbocycles. The van der Waals surface area contributed by atoms with E-state index in [1.165, 1.54) is 14.2 Å². The minimum atomic E-state index is -0.697. The molecule has 1 saturated heterocycles. The Labute approximate surface area is 94.2 Å². The molecule has 1 aliphatic rings. The lowest BCUT2D eigenvalue weighted by Gasteiger charge is -2.28. The highest BCUT2D eigenvalue weighted by atomic mass is 16.5. The lowest BCUT2D eigenvalue weighted by molar-refractivity contribution is -0.146. The summed E-state index contributed by atoms with van der Waals surface area (Å²) in [4.78, 5) is 22.6. The van der Waals surface area contributed by atoms with Crippen LogP contribution in [0.15, 0.2) is 0 Å². The summed E-state index contributed by atoms with van der Waals surface area (Å²) in [6.07, 6.45) is 1.06. The van der Waals surface area contributed by atoms with Crippen molar-refractivity contribution >= 4 is 12.1 Å². The summed E-state index contributed by atoms with van der Waals surface area (Å²) in [6, 6.07) is -0.697. The summed E-state index contributed by atoms with van der Waals surface area (Å²) < 4.78 is 14.4. The Hall–Kier alpha value is -1.30. The van der Waals surface area contributed by atoms with Crippen molar-refractivity contribution in [3.8, 4) is 0 Å². The first-order valence-electron chi connectivity index (χ1n) is 5.19. The smallest absolute Gasteiger partial charge is 0.407 e. The molecule has 0 spiro atoms. The van der Waals surface area contributed by atoms with E-state index in [0.29, 0.717) is 13.2 Å². The maximum absolute atomic E-state index is 11.5. The van der Waals surface area contributed by atoms with E-state index in [1.54, 1.807) is 0 Å². The maximum Gasteiger partial charge on any atom is 0.407 e. The number of carbonyl (C=O) groups is 2. The van der Waals surface area contributed by atoms with Gasteiger partial charge in [0.15, 0.2) is 0 Å². The Kier molecular flexibility index (Phi) is 5.04. The van der Waals surface area contributed by atoms with Crippen molar-refractivity contribution in [1.82, 2.24) is 5.32 Å². The van der Waals surface area contributed by atoms with Gasteiger partial charge in [-0.2, -0.15) is 0 Å². The second kappa shape index (κ2) is 6.32. The van der Waals surface area contributed by atoms with Crippen LogP contribution in [0.3, 0.4) is 0 Å². The fraction of sp³-hybridized carbons (Fsp3) is 0.800. The lowest BCUT2D eigenvalue weighted by Crippen LogP contribution is -2.48. The molecule has 0 radical (unpaired) electrons. The van der Waals surface area contributed by atoms with Crippen molar-refractivity contribution in [2.45, 2.75) is 18.9 Å². The van der Waals surface area contributed by atoms with Gasteiger partial charge in [0, 0.05) is 12.5 Å². The van der Waals surface area contributed by atoms with E-state index in [0.717, 1.165) is 12.8 Å². The predicted octanol–water partition coefficient (Wildman–Crippen LogP) is 0.311. The lowest BCUT2D eigenvalue weighted by atomic mass is 9.94. The molecule has 1 amide bonds. The molecule has 1 fully saturated rings. The van der Waals surface area contributed by atoms with Crippen LogP contribution in [0.5, 0.6) is 0 Å². The van der Waals surface area contributed by atoms with Crippen LogP contribution in [0, 0.1) is 5.92 Å². The van der Waals surface area contributed by atoms with Crippen LogP contribution in [0.1, 0.15) is 12.8 Å². The quantitative estimate of drug-likeness (QED) is 0.708.